The molecule has 0 heterocycles. The third kappa shape index (κ3) is 6.28. The van der Waals surface area contributed by atoms with Crippen molar-refractivity contribution < 1.29 is 30.3 Å². The van der Waals surface area contributed by atoms with E-state index in [1.165, 1.54) is 0 Å². The van der Waals surface area contributed by atoms with Crippen LogP contribution in [0.4, 0.5) is 0 Å². The molecule has 0 radical (unpaired) electrons. The summed E-state index contributed by atoms with van der Waals surface area (Å²) >= 11 is 3.83. The monoisotopic (exact) mass is 282 g/mol. The lowest BCUT2D eigenvalue weighted by Gasteiger charge is -2.23. The first kappa shape index (κ1) is 17.3. The van der Waals surface area contributed by atoms with E-state index in [4.69, 9.17) is 10.2 Å². The van der Waals surface area contributed by atoms with Gasteiger partial charge >= 0.3 is 0 Å². The van der Waals surface area contributed by atoms with Gasteiger partial charge in [-0.1, -0.05) is 0 Å². The van der Waals surface area contributed by atoms with Gasteiger partial charge in [0.1, 0.15) is 24.4 Å². The molecule has 18 heavy (non-hydrogen) atoms. The Hall–Kier alpha value is -0.710. The Morgan fingerprint density at radius 2 is 1.89 bits per heavy atom. The van der Waals surface area contributed by atoms with Crippen LogP contribution in [0.2, 0.25) is 0 Å². The van der Waals surface area contributed by atoms with Crippen molar-refractivity contribution >= 4 is 24.8 Å². The van der Waals surface area contributed by atoms with Crippen molar-refractivity contribution in [2.75, 3.05) is 12.4 Å². The lowest BCUT2D eigenvalue weighted by Crippen LogP contribution is -2.46. The van der Waals surface area contributed by atoms with E-state index < -0.39 is 36.9 Å². The molecule has 0 saturated heterocycles. The van der Waals surface area contributed by atoms with Gasteiger partial charge < -0.3 is 25.5 Å². The molecule has 0 aromatic heterocycles. The van der Waals surface area contributed by atoms with Crippen molar-refractivity contribution in [2.24, 2.45) is 5.10 Å². The number of carbonyl (C=O) groups is 1. The number of carbonyl (C=O) groups excluding carboxylic acids is 1. The SMILES string of the molecule is O=C(CCS)NN=C[C@H](O)[C@@H](O)[C@H](O)[C@H](O)CO. The maximum atomic E-state index is 10.9. The first-order valence-corrected chi connectivity index (χ1v) is 5.83. The fourth-order valence-corrected chi connectivity index (χ4v) is 1.17. The largest absolute Gasteiger partial charge is 0.394 e. The molecule has 0 rings (SSSR count). The molecule has 0 aliphatic heterocycles. The van der Waals surface area contributed by atoms with E-state index in [9.17, 15) is 20.1 Å². The molecule has 0 aliphatic carbocycles. The number of hydrogen-bond donors (Lipinski definition) is 7. The molecule has 9 heteroatoms. The van der Waals surface area contributed by atoms with E-state index in [1.54, 1.807) is 0 Å². The average Bonchev–Trinajstić information content (AvgIpc) is 2.36. The summed E-state index contributed by atoms with van der Waals surface area (Å²) in [6.07, 6.45) is -5.71. The van der Waals surface area contributed by atoms with Crippen molar-refractivity contribution in [1.82, 2.24) is 5.43 Å². The molecule has 0 bridgehead atoms. The molecule has 1 amide bonds. The second kappa shape index (κ2) is 9.25. The minimum Gasteiger partial charge on any atom is -0.394 e. The van der Waals surface area contributed by atoms with Gasteiger partial charge in [-0.15, -0.1) is 0 Å². The fourth-order valence-electron chi connectivity index (χ4n) is 0.969. The maximum Gasteiger partial charge on any atom is 0.240 e. The normalized spacial score (nSPS) is 18.3. The predicted octanol–water partition coefficient (Wildman–Crippen LogP) is -3.16. The van der Waals surface area contributed by atoms with Crippen LogP contribution in [-0.2, 0) is 4.79 Å². The lowest BCUT2D eigenvalue weighted by molar-refractivity contribution is -0.120. The summed E-state index contributed by atoms with van der Waals surface area (Å²) in [7, 11) is 0. The standard InChI is InChI=1S/C9H18N2O6S/c12-4-6(14)9(17)8(16)5(13)3-10-11-7(15)1-2-18/h3,5-6,8-9,12-14,16-18H,1-2,4H2,(H,11,15)/t5-,6+,8+,9+/m0/s1. The second-order valence-corrected chi connectivity index (χ2v) is 3.96. The third-order valence-corrected chi connectivity index (χ3v) is 2.26. The Morgan fingerprint density at radius 3 is 2.39 bits per heavy atom. The topological polar surface area (TPSA) is 143 Å². The molecule has 0 aromatic carbocycles. The minimum atomic E-state index is -1.74. The maximum absolute atomic E-state index is 10.9. The van der Waals surface area contributed by atoms with Gasteiger partial charge in [-0.25, -0.2) is 5.43 Å². The summed E-state index contributed by atoms with van der Waals surface area (Å²) in [5.74, 6) is -0.0765. The fraction of sp³-hybridized carbons (Fsp3) is 0.778. The number of hydrazone groups is 1. The number of hydrogen-bond acceptors (Lipinski definition) is 8. The van der Waals surface area contributed by atoms with Crippen LogP contribution < -0.4 is 5.43 Å². The Balaban J connectivity index is 4.18. The van der Waals surface area contributed by atoms with Crippen LogP contribution in [0.5, 0.6) is 0 Å². The number of rotatable bonds is 8. The van der Waals surface area contributed by atoms with Crippen LogP contribution in [0.1, 0.15) is 6.42 Å². The number of nitrogens with one attached hydrogen (secondary N) is 1. The van der Waals surface area contributed by atoms with Gasteiger partial charge in [0, 0.05) is 6.42 Å². The minimum absolute atomic E-state index is 0.144. The van der Waals surface area contributed by atoms with Gasteiger partial charge in [0.2, 0.25) is 5.91 Å². The van der Waals surface area contributed by atoms with E-state index >= 15 is 0 Å². The molecule has 4 atom stereocenters. The summed E-state index contributed by atoms with van der Waals surface area (Å²) in [6.45, 7) is -0.763. The van der Waals surface area contributed by atoms with Gasteiger partial charge in [0.05, 0.1) is 12.8 Å². The first-order valence-electron chi connectivity index (χ1n) is 5.20. The molecule has 0 spiro atoms. The summed E-state index contributed by atoms with van der Waals surface area (Å²) < 4.78 is 0. The molecular weight excluding hydrogens is 264 g/mol. The average molecular weight is 282 g/mol. The van der Waals surface area contributed by atoms with E-state index in [1.807, 2.05) is 0 Å². The summed E-state index contributed by atoms with van der Waals surface area (Å²) in [5, 5.41) is 48.9. The summed E-state index contributed by atoms with van der Waals surface area (Å²) in [6, 6.07) is 0. The highest BCUT2D eigenvalue weighted by molar-refractivity contribution is 7.80. The lowest BCUT2D eigenvalue weighted by atomic mass is 10.0. The van der Waals surface area contributed by atoms with Gasteiger partial charge in [-0.2, -0.15) is 17.7 Å². The summed E-state index contributed by atoms with van der Waals surface area (Å²) in [5.41, 5.74) is 2.07. The molecular formula is C9H18N2O6S. The highest BCUT2D eigenvalue weighted by Crippen LogP contribution is 2.03. The van der Waals surface area contributed by atoms with Crippen molar-refractivity contribution in [3.05, 3.63) is 0 Å². The third-order valence-electron chi connectivity index (χ3n) is 2.04. The van der Waals surface area contributed by atoms with E-state index in [0.29, 0.717) is 5.75 Å². The Kier molecular flexibility index (Phi) is 8.89. The molecule has 0 unspecified atom stereocenters. The molecule has 106 valence electrons. The summed E-state index contributed by atoms with van der Waals surface area (Å²) in [4.78, 5) is 10.9. The molecule has 6 N–H and O–H groups in total. The zero-order valence-electron chi connectivity index (χ0n) is 9.55. The zero-order valence-corrected chi connectivity index (χ0v) is 10.4. The Bertz CT molecular complexity index is 278. The smallest absolute Gasteiger partial charge is 0.240 e. The van der Waals surface area contributed by atoms with E-state index in [2.05, 4.69) is 23.2 Å². The highest BCUT2D eigenvalue weighted by atomic mass is 32.1. The van der Waals surface area contributed by atoms with Crippen molar-refractivity contribution in [1.29, 1.82) is 0 Å². The number of aliphatic hydroxyl groups is 5. The van der Waals surface area contributed by atoms with Crippen LogP contribution >= 0.6 is 12.6 Å². The molecule has 0 fully saturated rings. The molecule has 8 nitrogen and oxygen atoms in total. The van der Waals surface area contributed by atoms with Crippen molar-refractivity contribution in [3.8, 4) is 0 Å². The Morgan fingerprint density at radius 1 is 1.28 bits per heavy atom. The number of aliphatic hydroxyl groups excluding tert-OH is 5. The quantitative estimate of drug-likeness (QED) is 0.142. The Labute approximate surface area is 109 Å². The van der Waals surface area contributed by atoms with Gasteiger partial charge in [-0.05, 0) is 5.75 Å². The molecule has 0 saturated carbocycles. The zero-order chi connectivity index (χ0) is 14.1. The van der Waals surface area contributed by atoms with Gasteiger partial charge in [0.15, 0.2) is 0 Å². The number of thiol groups is 1. The first-order chi connectivity index (χ1) is 8.43. The van der Waals surface area contributed by atoms with Gasteiger partial charge in [-0.3, -0.25) is 4.79 Å². The van der Waals surface area contributed by atoms with Crippen LogP contribution in [0.3, 0.4) is 0 Å². The van der Waals surface area contributed by atoms with Crippen molar-refractivity contribution in [2.45, 2.75) is 30.8 Å². The van der Waals surface area contributed by atoms with Crippen LogP contribution in [0.15, 0.2) is 5.10 Å². The number of amides is 1. The predicted molar refractivity (Wildman–Crippen MR) is 66.2 cm³/mol. The van der Waals surface area contributed by atoms with Gasteiger partial charge in [0.25, 0.3) is 0 Å². The van der Waals surface area contributed by atoms with E-state index in [0.717, 1.165) is 6.21 Å². The second-order valence-electron chi connectivity index (χ2n) is 3.51. The van der Waals surface area contributed by atoms with Crippen LogP contribution in [0.25, 0.3) is 0 Å². The highest BCUT2D eigenvalue weighted by Gasteiger charge is 2.29. The molecule has 0 aliphatic rings. The van der Waals surface area contributed by atoms with Crippen LogP contribution in [-0.4, -0.2) is 74.4 Å². The number of nitrogens with zero attached hydrogens (tertiary/aromatic N) is 1. The molecule has 0 aromatic rings. The van der Waals surface area contributed by atoms with Crippen molar-refractivity contribution in [3.63, 3.8) is 0 Å². The van der Waals surface area contributed by atoms with E-state index in [-0.39, 0.29) is 6.42 Å². The van der Waals surface area contributed by atoms with Crippen LogP contribution in [0, 0.1) is 0 Å².